The minimum absolute atomic E-state index is 0.791. The molecule has 116 valence electrons. The first-order valence-corrected chi connectivity index (χ1v) is 10.7. The Bertz CT molecular complexity index is 444. The van der Waals surface area contributed by atoms with Gasteiger partial charge in [-0.05, 0) is 11.6 Å². The molecule has 0 spiro atoms. The van der Waals surface area contributed by atoms with Crippen LogP contribution in [0.25, 0.3) is 6.08 Å². The van der Waals surface area contributed by atoms with Crippen molar-refractivity contribution in [2.75, 3.05) is 0 Å². The van der Waals surface area contributed by atoms with E-state index < -0.39 is 8.07 Å². The van der Waals surface area contributed by atoms with Crippen LogP contribution in [0, 0.1) is 0 Å². The van der Waals surface area contributed by atoms with Crippen molar-refractivity contribution in [3.8, 4) is 0 Å². The summed E-state index contributed by atoms with van der Waals surface area (Å²) >= 11 is 0. The molecule has 0 atom stereocenters. The standard InChI is InChI=1S/C20H32Si/c1-16(2)21(17(3)4,18(5)6)15-19(7)13-14-20-11-9-8-10-12-20/h8-14,16-18H,7,15H2,1-6H3/b14-13+. The first kappa shape index (κ1) is 18.0. The van der Waals surface area contributed by atoms with Crippen LogP contribution in [0.15, 0.2) is 48.6 Å². The zero-order chi connectivity index (χ0) is 16.0. The van der Waals surface area contributed by atoms with Gasteiger partial charge in [0.25, 0.3) is 0 Å². The molecular weight excluding hydrogens is 268 g/mol. The number of hydrogen-bond acceptors (Lipinski definition) is 0. The molecular formula is C20H32Si. The van der Waals surface area contributed by atoms with Crippen molar-refractivity contribution in [3.63, 3.8) is 0 Å². The minimum Gasteiger partial charge on any atom is -0.0961 e. The van der Waals surface area contributed by atoms with E-state index in [2.05, 4.69) is 90.6 Å². The van der Waals surface area contributed by atoms with Gasteiger partial charge >= 0.3 is 0 Å². The average molecular weight is 301 g/mol. The topological polar surface area (TPSA) is 0 Å². The first-order valence-electron chi connectivity index (χ1n) is 8.21. The van der Waals surface area contributed by atoms with E-state index in [0.717, 1.165) is 16.6 Å². The molecule has 0 nitrogen and oxygen atoms in total. The summed E-state index contributed by atoms with van der Waals surface area (Å²) in [6.07, 6.45) is 4.42. The van der Waals surface area contributed by atoms with Crippen LogP contribution in [-0.4, -0.2) is 8.07 Å². The van der Waals surface area contributed by atoms with Gasteiger partial charge in [0.1, 0.15) is 0 Å². The molecule has 0 amide bonds. The molecule has 0 saturated carbocycles. The first-order chi connectivity index (χ1) is 9.80. The van der Waals surface area contributed by atoms with E-state index in [1.807, 2.05) is 0 Å². The maximum atomic E-state index is 4.35. The third-order valence-electron chi connectivity index (χ3n) is 5.07. The third kappa shape index (κ3) is 4.44. The average Bonchev–Trinajstić information content (AvgIpc) is 2.42. The summed E-state index contributed by atoms with van der Waals surface area (Å²) in [4.78, 5) is 0. The van der Waals surface area contributed by atoms with Gasteiger partial charge in [0.05, 0.1) is 8.07 Å². The highest BCUT2D eigenvalue weighted by Crippen LogP contribution is 2.46. The zero-order valence-corrected chi connectivity index (χ0v) is 15.7. The van der Waals surface area contributed by atoms with Crippen molar-refractivity contribution >= 4 is 14.1 Å². The predicted octanol–water partition coefficient (Wildman–Crippen LogP) is 6.93. The van der Waals surface area contributed by atoms with Crippen LogP contribution in [0.3, 0.4) is 0 Å². The Hall–Kier alpha value is -1.08. The van der Waals surface area contributed by atoms with Crippen molar-refractivity contribution in [1.29, 1.82) is 0 Å². The van der Waals surface area contributed by atoms with Gasteiger partial charge in [-0.25, -0.2) is 0 Å². The van der Waals surface area contributed by atoms with Gasteiger partial charge in [-0.2, -0.15) is 0 Å². The SMILES string of the molecule is C=C(/C=C/c1ccccc1)C[Si](C(C)C)(C(C)C)C(C)C. The van der Waals surface area contributed by atoms with E-state index in [0.29, 0.717) is 0 Å². The van der Waals surface area contributed by atoms with Gasteiger partial charge in [0.15, 0.2) is 0 Å². The molecule has 0 saturated heterocycles. The van der Waals surface area contributed by atoms with Crippen LogP contribution in [0.2, 0.25) is 22.7 Å². The largest absolute Gasteiger partial charge is 0.0961 e. The smallest absolute Gasteiger partial charge is 0.0656 e. The Morgan fingerprint density at radius 3 is 1.86 bits per heavy atom. The van der Waals surface area contributed by atoms with Crippen LogP contribution in [-0.2, 0) is 0 Å². The van der Waals surface area contributed by atoms with Gasteiger partial charge in [-0.1, -0.05) is 113 Å². The quantitative estimate of drug-likeness (QED) is 0.378. The number of allylic oxidation sites excluding steroid dienone is 2. The fourth-order valence-corrected chi connectivity index (χ4v) is 9.97. The van der Waals surface area contributed by atoms with Crippen molar-refractivity contribution in [3.05, 3.63) is 54.1 Å². The molecule has 0 aliphatic carbocycles. The van der Waals surface area contributed by atoms with Crippen LogP contribution < -0.4 is 0 Å². The highest BCUT2D eigenvalue weighted by molar-refractivity contribution is 6.84. The van der Waals surface area contributed by atoms with E-state index in [9.17, 15) is 0 Å². The van der Waals surface area contributed by atoms with Gasteiger partial charge in [-0.15, -0.1) is 0 Å². The maximum Gasteiger partial charge on any atom is 0.0656 e. The Morgan fingerprint density at radius 2 is 1.43 bits per heavy atom. The summed E-state index contributed by atoms with van der Waals surface area (Å²) in [7, 11) is -1.38. The summed E-state index contributed by atoms with van der Waals surface area (Å²) in [6.45, 7) is 18.9. The number of rotatable bonds is 7. The molecule has 0 unspecified atom stereocenters. The molecule has 0 aromatic heterocycles. The lowest BCUT2D eigenvalue weighted by molar-refractivity contribution is 0.808. The highest BCUT2D eigenvalue weighted by Gasteiger charge is 2.42. The van der Waals surface area contributed by atoms with Crippen LogP contribution in [0.4, 0.5) is 0 Å². The molecule has 1 rings (SSSR count). The Labute approximate surface area is 133 Å². The molecule has 0 N–H and O–H groups in total. The zero-order valence-electron chi connectivity index (χ0n) is 14.7. The molecule has 21 heavy (non-hydrogen) atoms. The van der Waals surface area contributed by atoms with Crippen LogP contribution in [0.1, 0.15) is 47.1 Å². The lowest BCUT2D eigenvalue weighted by atomic mass is 10.2. The minimum atomic E-state index is -1.38. The van der Waals surface area contributed by atoms with Crippen molar-refractivity contribution in [2.45, 2.75) is 64.2 Å². The van der Waals surface area contributed by atoms with Gasteiger partial charge in [0, 0.05) is 0 Å². The molecule has 0 aliphatic heterocycles. The second-order valence-electron chi connectivity index (χ2n) is 7.16. The number of benzene rings is 1. The second kappa shape index (κ2) is 7.79. The fraction of sp³-hybridized carbons (Fsp3) is 0.500. The van der Waals surface area contributed by atoms with Crippen molar-refractivity contribution < 1.29 is 0 Å². The highest BCUT2D eigenvalue weighted by atomic mass is 28.3. The molecule has 1 heteroatoms. The third-order valence-corrected chi connectivity index (χ3v) is 12.6. The van der Waals surface area contributed by atoms with Gasteiger partial charge < -0.3 is 0 Å². The van der Waals surface area contributed by atoms with E-state index >= 15 is 0 Å². The van der Waals surface area contributed by atoms with Crippen LogP contribution >= 0.6 is 0 Å². The lowest BCUT2D eigenvalue weighted by Gasteiger charge is -2.43. The summed E-state index contributed by atoms with van der Waals surface area (Å²) in [6, 6.07) is 11.7. The summed E-state index contributed by atoms with van der Waals surface area (Å²) in [5, 5.41) is 0. The maximum absolute atomic E-state index is 4.35. The molecule has 0 radical (unpaired) electrons. The van der Waals surface area contributed by atoms with E-state index in [1.165, 1.54) is 17.2 Å². The van der Waals surface area contributed by atoms with Crippen LogP contribution in [0.5, 0.6) is 0 Å². The monoisotopic (exact) mass is 300 g/mol. The Kier molecular flexibility index (Phi) is 6.67. The van der Waals surface area contributed by atoms with Crippen molar-refractivity contribution in [2.24, 2.45) is 0 Å². The Morgan fingerprint density at radius 1 is 0.952 bits per heavy atom. The Balaban J connectivity index is 2.89. The summed E-state index contributed by atoms with van der Waals surface area (Å²) in [5.74, 6) is 0. The van der Waals surface area contributed by atoms with Gasteiger partial charge in [0.2, 0.25) is 0 Å². The second-order valence-corrected chi connectivity index (χ2v) is 13.2. The van der Waals surface area contributed by atoms with E-state index in [4.69, 9.17) is 0 Å². The van der Waals surface area contributed by atoms with E-state index in [-0.39, 0.29) is 0 Å². The summed E-state index contributed by atoms with van der Waals surface area (Å²) < 4.78 is 0. The lowest BCUT2D eigenvalue weighted by Crippen LogP contribution is -2.44. The van der Waals surface area contributed by atoms with Crippen molar-refractivity contribution in [1.82, 2.24) is 0 Å². The summed E-state index contributed by atoms with van der Waals surface area (Å²) in [5.41, 5.74) is 4.92. The number of hydrogen-bond donors (Lipinski definition) is 0. The molecule has 1 aromatic rings. The molecule has 0 bridgehead atoms. The normalized spacial score (nSPS) is 12.8. The molecule has 1 aromatic carbocycles. The fourth-order valence-electron chi connectivity index (χ4n) is 3.84. The predicted molar refractivity (Wildman–Crippen MR) is 100 cm³/mol. The molecule has 0 fully saturated rings. The van der Waals surface area contributed by atoms with Gasteiger partial charge in [-0.3, -0.25) is 0 Å². The molecule has 0 heterocycles. The van der Waals surface area contributed by atoms with E-state index in [1.54, 1.807) is 0 Å². The molecule has 0 aliphatic rings.